The van der Waals surface area contributed by atoms with Gasteiger partial charge >= 0.3 is 0 Å². The zero-order valence-corrected chi connectivity index (χ0v) is 17.9. The van der Waals surface area contributed by atoms with Gasteiger partial charge in [0.25, 0.3) is 0 Å². The number of rotatable bonds is 6. The molecule has 152 valence electrons. The van der Waals surface area contributed by atoms with Crippen molar-refractivity contribution >= 4 is 31.6 Å². The summed E-state index contributed by atoms with van der Waals surface area (Å²) in [6.07, 6.45) is 1.64. The Hall–Kier alpha value is -1.45. The van der Waals surface area contributed by atoms with Gasteiger partial charge in [-0.15, -0.1) is 0 Å². The molecule has 28 heavy (non-hydrogen) atoms. The third-order valence-electron chi connectivity index (χ3n) is 4.87. The Morgan fingerprint density at radius 1 is 1.00 bits per heavy atom. The summed E-state index contributed by atoms with van der Waals surface area (Å²) in [6, 6.07) is 12.8. The minimum atomic E-state index is -3.75. The van der Waals surface area contributed by atoms with E-state index in [-0.39, 0.29) is 33.9 Å². The largest absolute Gasteiger partial charge is 0.243 e. The summed E-state index contributed by atoms with van der Waals surface area (Å²) in [5.74, 6) is 0. The summed E-state index contributed by atoms with van der Waals surface area (Å²) in [5, 5.41) is 0.158. The van der Waals surface area contributed by atoms with E-state index in [2.05, 4.69) is 4.72 Å². The molecule has 2 aromatic carbocycles. The van der Waals surface area contributed by atoms with E-state index in [9.17, 15) is 16.8 Å². The number of halogens is 1. The van der Waals surface area contributed by atoms with Crippen LogP contribution in [0.25, 0.3) is 0 Å². The van der Waals surface area contributed by atoms with Crippen LogP contribution >= 0.6 is 11.6 Å². The number of benzene rings is 2. The normalized spacial score (nSPS) is 16.9. The monoisotopic (exact) mass is 442 g/mol. The third kappa shape index (κ3) is 4.58. The van der Waals surface area contributed by atoms with Crippen LogP contribution in [0.3, 0.4) is 0 Å². The first kappa shape index (κ1) is 21.3. The molecule has 1 N–H and O–H groups in total. The van der Waals surface area contributed by atoms with E-state index < -0.39 is 20.0 Å². The van der Waals surface area contributed by atoms with Crippen LogP contribution in [0.4, 0.5) is 0 Å². The molecule has 1 aliphatic rings. The van der Waals surface area contributed by atoms with Gasteiger partial charge in [-0.3, -0.25) is 0 Å². The van der Waals surface area contributed by atoms with Gasteiger partial charge in [-0.2, -0.15) is 4.31 Å². The zero-order chi connectivity index (χ0) is 20.4. The third-order valence-corrected chi connectivity index (χ3v) is 8.80. The molecule has 1 fully saturated rings. The number of nitrogens with zero attached hydrogens (tertiary/aromatic N) is 1. The van der Waals surface area contributed by atoms with Gasteiger partial charge in [-0.05, 0) is 49.1 Å². The van der Waals surface area contributed by atoms with Gasteiger partial charge in [0.1, 0.15) is 4.90 Å². The first-order valence-corrected chi connectivity index (χ1v) is 12.4. The standard InChI is InChI=1S/C19H23ClN2O4S2/c1-2-15-7-9-17(10-8-15)28(25,26)22-13-11-16(12-14-22)21-27(23,24)19-6-4-3-5-18(19)20/h3-10,16,21H,2,11-14H2,1H3. The van der Waals surface area contributed by atoms with Gasteiger partial charge in [-0.25, -0.2) is 21.6 Å². The van der Waals surface area contributed by atoms with Gasteiger partial charge in [0.2, 0.25) is 20.0 Å². The Morgan fingerprint density at radius 3 is 2.18 bits per heavy atom. The highest BCUT2D eigenvalue weighted by atomic mass is 35.5. The Balaban J connectivity index is 1.66. The van der Waals surface area contributed by atoms with Crippen LogP contribution in [0, 0.1) is 0 Å². The van der Waals surface area contributed by atoms with Gasteiger partial charge in [0.05, 0.1) is 9.92 Å². The quantitative estimate of drug-likeness (QED) is 0.745. The topological polar surface area (TPSA) is 83.6 Å². The second-order valence-electron chi connectivity index (χ2n) is 6.73. The maximum Gasteiger partial charge on any atom is 0.243 e. The van der Waals surface area contributed by atoms with E-state index in [1.165, 1.54) is 16.4 Å². The summed E-state index contributed by atoms with van der Waals surface area (Å²) in [4.78, 5) is 0.294. The minimum Gasteiger partial charge on any atom is -0.208 e. The van der Waals surface area contributed by atoms with Crippen LogP contribution in [0.1, 0.15) is 25.3 Å². The van der Waals surface area contributed by atoms with E-state index >= 15 is 0 Å². The Labute approximate surface area is 171 Å². The van der Waals surface area contributed by atoms with Crippen LogP contribution in [0.15, 0.2) is 58.3 Å². The van der Waals surface area contributed by atoms with Crippen molar-refractivity contribution in [2.24, 2.45) is 0 Å². The van der Waals surface area contributed by atoms with Crippen LogP contribution in [0.5, 0.6) is 0 Å². The maximum atomic E-state index is 12.8. The molecule has 0 aromatic heterocycles. The number of sulfonamides is 2. The number of hydrogen-bond acceptors (Lipinski definition) is 4. The number of nitrogens with one attached hydrogen (secondary N) is 1. The van der Waals surface area contributed by atoms with Gasteiger partial charge in [0.15, 0.2) is 0 Å². The van der Waals surface area contributed by atoms with E-state index in [0.29, 0.717) is 12.8 Å². The molecule has 1 saturated heterocycles. The van der Waals surface area contributed by atoms with E-state index in [4.69, 9.17) is 11.6 Å². The first-order valence-electron chi connectivity index (χ1n) is 9.10. The van der Waals surface area contributed by atoms with Crippen molar-refractivity contribution in [1.29, 1.82) is 0 Å². The van der Waals surface area contributed by atoms with Crippen LogP contribution < -0.4 is 4.72 Å². The smallest absolute Gasteiger partial charge is 0.208 e. The molecule has 1 aliphatic heterocycles. The molecule has 0 unspecified atom stereocenters. The van der Waals surface area contributed by atoms with E-state index in [0.717, 1.165) is 12.0 Å². The van der Waals surface area contributed by atoms with Gasteiger partial charge < -0.3 is 0 Å². The summed E-state index contributed by atoms with van der Waals surface area (Å²) < 4.78 is 54.8. The summed E-state index contributed by atoms with van der Waals surface area (Å²) in [6.45, 7) is 2.53. The van der Waals surface area contributed by atoms with Crippen molar-refractivity contribution in [1.82, 2.24) is 9.03 Å². The summed E-state index contributed by atoms with van der Waals surface area (Å²) in [5.41, 5.74) is 1.08. The Kier molecular flexibility index (Phi) is 6.46. The molecule has 0 atom stereocenters. The highest BCUT2D eigenvalue weighted by Crippen LogP contribution is 2.24. The molecule has 0 spiro atoms. The molecule has 3 rings (SSSR count). The predicted molar refractivity (Wildman–Crippen MR) is 109 cm³/mol. The fourth-order valence-corrected chi connectivity index (χ4v) is 6.50. The molecule has 1 heterocycles. The van der Waals surface area contributed by atoms with Crippen molar-refractivity contribution in [3.8, 4) is 0 Å². The van der Waals surface area contributed by atoms with E-state index in [1.807, 2.05) is 19.1 Å². The highest BCUT2D eigenvalue weighted by Gasteiger charge is 2.31. The lowest BCUT2D eigenvalue weighted by atomic mass is 10.1. The zero-order valence-electron chi connectivity index (χ0n) is 15.5. The van der Waals surface area contributed by atoms with E-state index in [1.54, 1.807) is 24.3 Å². The molecule has 6 nitrogen and oxygen atoms in total. The van der Waals surface area contributed by atoms with Crippen molar-refractivity contribution in [2.75, 3.05) is 13.1 Å². The predicted octanol–water partition coefficient (Wildman–Crippen LogP) is 3.03. The minimum absolute atomic E-state index is 0.0303. The molecule has 0 saturated carbocycles. The molecule has 9 heteroatoms. The lowest BCUT2D eigenvalue weighted by Gasteiger charge is -2.31. The molecular formula is C19H23ClN2O4S2. The van der Waals surface area contributed by atoms with Crippen LogP contribution in [0.2, 0.25) is 5.02 Å². The number of hydrogen-bond donors (Lipinski definition) is 1. The lowest BCUT2D eigenvalue weighted by molar-refractivity contribution is 0.308. The Morgan fingerprint density at radius 2 is 1.61 bits per heavy atom. The molecule has 0 bridgehead atoms. The van der Waals surface area contributed by atoms with Crippen LogP contribution in [-0.2, 0) is 26.5 Å². The second kappa shape index (κ2) is 8.51. The van der Waals surface area contributed by atoms with Gasteiger partial charge in [0, 0.05) is 19.1 Å². The molecular weight excluding hydrogens is 420 g/mol. The van der Waals surface area contributed by atoms with Crippen LogP contribution in [-0.4, -0.2) is 40.3 Å². The second-order valence-corrected chi connectivity index (χ2v) is 10.8. The Bertz CT molecular complexity index is 1030. The van der Waals surface area contributed by atoms with Crippen molar-refractivity contribution in [3.63, 3.8) is 0 Å². The fraction of sp³-hybridized carbons (Fsp3) is 0.368. The highest BCUT2D eigenvalue weighted by molar-refractivity contribution is 7.89. The van der Waals surface area contributed by atoms with Crippen molar-refractivity contribution in [2.45, 2.75) is 42.0 Å². The lowest BCUT2D eigenvalue weighted by Crippen LogP contribution is -2.46. The fourth-order valence-electron chi connectivity index (χ4n) is 3.21. The molecule has 0 amide bonds. The summed E-state index contributed by atoms with van der Waals surface area (Å²) >= 11 is 5.99. The number of piperidine rings is 1. The molecule has 0 aliphatic carbocycles. The summed E-state index contributed by atoms with van der Waals surface area (Å²) in [7, 11) is -7.33. The average molecular weight is 443 g/mol. The SMILES string of the molecule is CCc1ccc(S(=O)(=O)N2CCC(NS(=O)(=O)c3ccccc3Cl)CC2)cc1. The molecule has 0 radical (unpaired) electrons. The first-order chi connectivity index (χ1) is 13.2. The number of aryl methyl sites for hydroxylation is 1. The molecule has 2 aromatic rings. The average Bonchev–Trinajstić information content (AvgIpc) is 2.68. The van der Waals surface area contributed by atoms with Crippen molar-refractivity contribution < 1.29 is 16.8 Å². The maximum absolute atomic E-state index is 12.8. The van der Waals surface area contributed by atoms with Gasteiger partial charge in [-0.1, -0.05) is 42.8 Å². The van der Waals surface area contributed by atoms with Crippen molar-refractivity contribution in [3.05, 3.63) is 59.1 Å².